The van der Waals surface area contributed by atoms with Crippen molar-refractivity contribution in [3.8, 4) is 5.88 Å². The van der Waals surface area contributed by atoms with Gasteiger partial charge in [0.15, 0.2) is 0 Å². The van der Waals surface area contributed by atoms with E-state index in [0.717, 1.165) is 18.9 Å². The largest absolute Gasteiger partial charge is 0.477 e. The zero-order chi connectivity index (χ0) is 24.0. The number of carbonyl (C=O) groups is 1. The third-order valence-corrected chi connectivity index (χ3v) is 8.62. The van der Waals surface area contributed by atoms with Crippen LogP contribution < -0.4 is 10.2 Å². The first kappa shape index (κ1) is 23.1. The lowest BCUT2D eigenvalue weighted by atomic mass is 9.55. The van der Waals surface area contributed by atoms with Crippen molar-refractivity contribution in [2.75, 3.05) is 19.9 Å². The summed E-state index contributed by atoms with van der Waals surface area (Å²) in [6.45, 7) is 3.71. The van der Waals surface area contributed by atoms with Crippen LogP contribution in [0.5, 0.6) is 5.88 Å². The lowest BCUT2D eigenvalue weighted by molar-refractivity contribution is -0.148. The summed E-state index contributed by atoms with van der Waals surface area (Å²) in [7, 11) is -2.52. The van der Waals surface area contributed by atoms with Crippen LogP contribution in [0.1, 0.15) is 37.3 Å². The van der Waals surface area contributed by atoms with Gasteiger partial charge in [0.2, 0.25) is 11.8 Å². The molecule has 6 rings (SSSR count). The minimum atomic E-state index is -2.52. The Bertz CT molecular complexity index is 1160. The van der Waals surface area contributed by atoms with Gasteiger partial charge in [-0.15, -0.1) is 0 Å². The Kier molecular flexibility index (Phi) is 6.00. The third kappa shape index (κ3) is 4.50. The first-order chi connectivity index (χ1) is 16.2. The number of ether oxygens (including phenoxy) is 1. The zero-order valence-corrected chi connectivity index (χ0v) is 20.0. The number of fused-ring (bicyclic) bond motifs is 2. The second-order valence-electron chi connectivity index (χ2n) is 9.91. The fraction of sp³-hybridized carbons (Fsp3) is 0.500. The summed E-state index contributed by atoms with van der Waals surface area (Å²) in [5.41, 5.74) is 0.888. The van der Waals surface area contributed by atoms with Crippen LogP contribution in [-0.2, 0) is 9.36 Å². The Hall–Kier alpha value is -2.67. The molecule has 0 spiro atoms. The molecule has 3 saturated carbocycles. The molecule has 3 atom stereocenters. The number of halogens is 2. The molecule has 1 aromatic heterocycles. The van der Waals surface area contributed by atoms with Crippen LogP contribution in [0, 0.1) is 35.3 Å². The Morgan fingerprint density at radius 2 is 1.82 bits per heavy atom. The highest BCUT2D eigenvalue weighted by Crippen LogP contribution is 2.53. The molecule has 0 radical (unpaired) electrons. The van der Waals surface area contributed by atoms with E-state index >= 15 is 0 Å². The van der Waals surface area contributed by atoms with E-state index in [1.54, 1.807) is 25.6 Å². The van der Waals surface area contributed by atoms with Gasteiger partial charge in [-0.1, -0.05) is 0 Å². The van der Waals surface area contributed by atoms with Crippen molar-refractivity contribution in [1.29, 1.82) is 0 Å². The average Bonchev–Trinajstić information content (AvgIpc) is 3.25. The molecule has 1 aromatic carbocycles. The van der Waals surface area contributed by atoms with Crippen LogP contribution in [0.15, 0.2) is 35.7 Å². The molecule has 4 aliphatic rings. The second kappa shape index (κ2) is 8.84. The quantitative estimate of drug-likeness (QED) is 0.574. The SMILES string of the molecule is CP(C)(=O)c1cc(OCC2CC(C(=O)N3N=CCC3c3cc(F)cc(F)c3)C3CC2C3)ncn1. The first-order valence-electron chi connectivity index (χ1n) is 11.5. The molecule has 1 aliphatic heterocycles. The Labute approximate surface area is 197 Å². The fourth-order valence-electron chi connectivity index (χ4n) is 5.38. The van der Waals surface area contributed by atoms with E-state index in [1.807, 2.05) is 0 Å². The maximum absolute atomic E-state index is 13.8. The second-order valence-corrected chi connectivity index (χ2v) is 13.1. The molecule has 0 saturated heterocycles. The van der Waals surface area contributed by atoms with E-state index in [2.05, 4.69) is 15.1 Å². The summed E-state index contributed by atoms with van der Waals surface area (Å²) in [6, 6.07) is 4.48. The van der Waals surface area contributed by atoms with Crippen molar-refractivity contribution in [2.45, 2.75) is 31.7 Å². The summed E-state index contributed by atoms with van der Waals surface area (Å²) in [4.78, 5) is 21.7. The number of carbonyl (C=O) groups excluding carboxylic acids is 1. The fourth-order valence-corrected chi connectivity index (χ4v) is 6.13. The molecular formula is C24H27F2N4O3P. The number of nitrogens with zero attached hydrogens (tertiary/aromatic N) is 4. The number of hydrogen-bond acceptors (Lipinski definition) is 6. The molecule has 7 nitrogen and oxygen atoms in total. The van der Waals surface area contributed by atoms with Crippen molar-refractivity contribution in [1.82, 2.24) is 15.0 Å². The van der Waals surface area contributed by atoms with Crippen molar-refractivity contribution in [2.24, 2.45) is 28.8 Å². The zero-order valence-electron chi connectivity index (χ0n) is 19.1. The maximum atomic E-state index is 13.8. The molecule has 2 bridgehead atoms. The van der Waals surface area contributed by atoms with Crippen molar-refractivity contribution < 1.29 is 22.9 Å². The summed E-state index contributed by atoms with van der Waals surface area (Å²) in [6.07, 6.45) is 5.99. The van der Waals surface area contributed by atoms with Crippen molar-refractivity contribution >= 4 is 24.7 Å². The lowest BCUT2D eigenvalue weighted by Crippen LogP contribution is -2.50. The standard InChI is InChI=1S/C24H27F2N4O3P/c1-34(2,32)23-11-22(27-13-28-23)33-12-17-9-20(15-5-14(17)6-15)24(31)30-21(3-4-29-30)16-7-18(25)10-19(26)8-16/h4,7-8,10-11,13-15,17,20-21H,3,5-6,9,12H2,1-2H3. The predicted molar refractivity (Wildman–Crippen MR) is 123 cm³/mol. The van der Waals surface area contributed by atoms with E-state index in [-0.39, 0.29) is 17.7 Å². The molecule has 1 amide bonds. The topological polar surface area (TPSA) is 84.8 Å². The average molecular weight is 488 g/mol. The van der Waals surface area contributed by atoms with Gasteiger partial charge in [0.05, 0.1) is 12.6 Å². The molecule has 180 valence electrons. The summed E-state index contributed by atoms with van der Waals surface area (Å²) >= 11 is 0. The highest BCUT2D eigenvalue weighted by Gasteiger charge is 2.50. The molecule has 10 heteroatoms. The van der Waals surface area contributed by atoms with E-state index in [4.69, 9.17) is 4.74 Å². The Morgan fingerprint density at radius 3 is 2.53 bits per heavy atom. The van der Waals surface area contributed by atoms with Gasteiger partial charge in [-0.05, 0) is 68.0 Å². The van der Waals surface area contributed by atoms with Gasteiger partial charge >= 0.3 is 0 Å². The van der Waals surface area contributed by atoms with Gasteiger partial charge in [-0.25, -0.2) is 23.8 Å². The van der Waals surface area contributed by atoms with Gasteiger partial charge in [-0.2, -0.15) is 5.10 Å². The maximum Gasteiger partial charge on any atom is 0.246 e. The molecule has 3 fully saturated rings. The van der Waals surface area contributed by atoms with E-state index in [0.29, 0.717) is 48.2 Å². The highest BCUT2D eigenvalue weighted by molar-refractivity contribution is 7.69. The Morgan fingerprint density at radius 1 is 1.09 bits per heavy atom. The van der Waals surface area contributed by atoms with E-state index in [9.17, 15) is 18.1 Å². The molecule has 34 heavy (non-hydrogen) atoms. The van der Waals surface area contributed by atoms with Crippen LogP contribution in [-0.4, -0.2) is 47.0 Å². The summed E-state index contributed by atoms with van der Waals surface area (Å²) in [5.74, 6) is -0.274. The highest BCUT2D eigenvalue weighted by atomic mass is 31.2. The lowest BCUT2D eigenvalue weighted by Gasteiger charge is -2.51. The van der Waals surface area contributed by atoms with Gasteiger partial charge < -0.3 is 9.30 Å². The number of amides is 1. The van der Waals surface area contributed by atoms with Crippen molar-refractivity contribution in [3.63, 3.8) is 0 Å². The first-order valence-corrected chi connectivity index (χ1v) is 14.1. The van der Waals surface area contributed by atoms with Crippen molar-refractivity contribution in [3.05, 3.63) is 47.8 Å². The summed E-state index contributed by atoms with van der Waals surface area (Å²) in [5, 5.41) is 5.68. The van der Waals surface area contributed by atoms with Crippen LogP contribution in [0.2, 0.25) is 0 Å². The van der Waals surface area contributed by atoms with Crippen LogP contribution >= 0.6 is 7.14 Å². The van der Waals surface area contributed by atoms with Gasteiger partial charge in [0, 0.05) is 30.7 Å². The van der Waals surface area contributed by atoms with E-state index in [1.165, 1.54) is 23.5 Å². The minimum absolute atomic E-state index is 0.0983. The number of hydrogen-bond donors (Lipinski definition) is 0. The van der Waals surface area contributed by atoms with Gasteiger partial charge in [0.25, 0.3) is 0 Å². The smallest absolute Gasteiger partial charge is 0.246 e. The molecule has 3 aliphatic carbocycles. The Balaban J connectivity index is 1.27. The van der Waals surface area contributed by atoms with Crippen LogP contribution in [0.25, 0.3) is 0 Å². The third-order valence-electron chi connectivity index (χ3n) is 7.27. The molecule has 0 N–H and O–H groups in total. The number of rotatable bonds is 6. The summed E-state index contributed by atoms with van der Waals surface area (Å²) < 4.78 is 45.8. The van der Waals surface area contributed by atoms with E-state index < -0.39 is 24.8 Å². The molecule has 2 aromatic rings. The molecule has 3 unspecified atom stereocenters. The van der Waals surface area contributed by atoms with Crippen LogP contribution in [0.4, 0.5) is 8.78 Å². The number of hydrazone groups is 1. The number of benzene rings is 1. The molecular weight excluding hydrogens is 461 g/mol. The predicted octanol–water partition coefficient (Wildman–Crippen LogP) is 4.00. The minimum Gasteiger partial charge on any atom is -0.477 e. The number of aromatic nitrogens is 2. The van der Waals surface area contributed by atoms with Gasteiger partial charge in [-0.3, -0.25) is 4.79 Å². The van der Waals surface area contributed by atoms with Crippen LogP contribution in [0.3, 0.4) is 0 Å². The molecule has 2 heterocycles. The monoisotopic (exact) mass is 488 g/mol. The van der Waals surface area contributed by atoms with Gasteiger partial charge in [0.1, 0.15) is 30.5 Å². The normalized spacial score (nSPS) is 28.0.